The van der Waals surface area contributed by atoms with Crippen LogP contribution < -0.4 is 10.2 Å². The predicted octanol–water partition coefficient (Wildman–Crippen LogP) is 4.11. The van der Waals surface area contributed by atoms with Crippen molar-refractivity contribution >= 4 is 29.3 Å². The second kappa shape index (κ2) is 8.57. The van der Waals surface area contributed by atoms with Crippen LogP contribution >= 0.6 is 11.8 Å². The number of rotatable bonds is 4. The van der Waals surface area contributed by atoms with E-state index < -0.39 is 0 Å². The normalized spacial score (nSPS) is 18.0. The van der Waals surface area contributed by atoms with E-state index in [1.807, 2.05) is 30.9 Å². The first-order chi connectivity index (χ1) is 14.0. The number of carbonyl (C=O) groups excluding carboxylic acids is 2. The lowest BCUT2D eigenvalue weighted by molar-refractivity contribution is -0.125. The molecule has 0 fully saturated rings. The van der Waals surface area contributed by atoms with Gasteiger partial charge in [-0.1, -0.05) is 24.3 Å². The highest BCUT2D eigenvalue weighted by Gasteiger charge is 2.27. The van der Waals surface area contributed by atoms with E-state index in [9.17, 15) is 9.59 Å². The number of thioether (sulfide) groups is 1. The summed E-state index contributed by atoms with van der Waals surface area (Å²) in [5.74, 6) is 0.782. The molecule has 1 aromatic carbocycles. The lowest BCUT2D eigenvalue weighted by atomic mass is 9.87. The van der Waals surface area contributed by atoms with Gasteiger partial charge in [-0.25, -0.2) is 4.98 Å². The summed E-state index contributed by atoms with van der Waals surface area (Å²) < 4.78 is 0. The Balaban J connectivity index is 1.38. The molecule has 4 rings (SSSR count). The maximum absolute atomic E-state index is 12.9. The van der Waals surface area contributed by atoms with Crippen LogP contribution in [0, 0.1) is 13.8 Å². The molecule has 6 heteroatoms. The van der Waals surface area contributed by atoms with E-state index in [1.165, 1.54) is 11.1 Å². The van der Waals surface area contributed by atoms with Gasteiger partial charge < -0.3 is 10.2 Å². The molecule has 0 saturated carbocycles. The molecule has 2 amide bonds. The number of aryl methyl sites for hydroxylation is 3. The zero-order valence-electron chi connectivity index (χ0n) is 17.0. The molecule has 1 aliphatic carbocycles. The van der Waals surface area contributed by atoms with Crippen molar-refractivity contribution in [3.8, 4) is 0 Å². The topological polar surface area (TPSA) is 62.3 Å². The van der Waals surface area contributed by atoms with Crippen LogP contribution in [0.1, 0.15) is 54.1 Å². The molecular weight excluding hydrogens is 382 g/mol. The molecular formula is C23H27N3O2S. The standard InChI is InChI=1S/C23H27N3O2S/c1-15-14-16(2)24-23-22(15)26(12-13-29-23)21(28)11-10-20(27)25-19-9-5-7-17-6-3-4-8-18(17)19/h3-4,6,8,14,19H,5,7,9-13H2,1-2H3,(H,25,27). The maximum atomic E-state index is 12.9. The molecule has 1 atom stereocenters. The number of aromatic nitrogens is 1. The molecule has 152 valence electrons. The average Bonchev–Trinajstić information content (AvgIpc) is 2.71. The SMILES string of the molecule is Cc1cc(C)c2c(n1)SCCN2C(=O)CCC(=O)NC1CCCc2ccccc21. The second-order valence-corrected chi connectivity index (χ2v) is 8.92. The van der Waals surface area contributed by atoms with Crippen LogP contribution in [-0.2, 0) is 16.0 Å². The first kappa shape index (κ1) is 20.0. The summed E-state index contributed by atoms with van der Waals surface area (Å²) in [5, 5.41) is 4.07. The summed E-state index contributed by atoms with van der Waals surface area (Å²) in [7, 11) is 0. The van der Waals surface area contributed by atoms with Crippen LogP contribution in [0.3, 0.4) is 0 Å². The summed E-state index contributed by atoms with van der Waals surface area (Å²) in [4.78, 5) is 31.9. The van der Waals surface area contributed by atoms with Crippen molar-refractivity contribution < 1.29 is 9.59 Å². The van der Waals surface area contributed by atoms with Crippen LogP contribution in [-0.4, -0.2) is 29.1 Å². The van der Waals surface area contributed by atoms with Gasteiger partial charge >= 0.3 is 0 Å². The number of benzene rings is 1. The molecule has 2 heterocycles. The van der Waals surface area contributed by atoms with Crippen molar-refractivity contribution in [3.63, 3.8) is 0 Å². The van der Waals surface area contributed by atoms with E-state index in [0.717, 1.165) is 47.0 Å². The molecule has 29 heavy (non-hydrogen) atoms. The quantitative estimate of drug-likeness (QED) is 0.825. The first-order valence-corrected chi connectivity index (χ1v) is 11.3. The fourth-order valence-electron chi connectivity index (χ4n) is 4.35. The number of hydrogen-bond acceptors (Lipinski definition) is 4. The number of nitrogens with zero attached hydrogens (tertiary/aromatic N) is 2. The van der Waals surface area contributed by atoms with E-state index >= 15 is 0 Å². The molecule has 0 saturated heterocycles. The minimum Gasteiger partial charge on any atom is -0.349 e. The number of fused-ring (bicyclic) bond motifs is 2. The van der Waals surface area contributed by atoms with Crippen LogP contribution in [0.2, 0.25) is 0 Å². The van der Waals surface area contributed by atoms with Gasteiger partial charge in [0.1, 0.15) is 5.03 Å². The Kier molecular flexibility index (Phi) is 5.90. The molecule has 1 aromatic heterocycles. The van der Waals surface area contributed by atoms with Gasteiger partial charge in [0.2, 0.25) is 11.8 Å². The third-order valence-corrected chi connectivity index (χ3v) is 6.62. The fraction of sp³-hybridized carbons (Fsp3) is 0.435. The van der Waals surface area contributed by atoms with Crippen LogP contribution in [0.15, 0.2) is 35.4 Å². The predicted molar refractivity (Wildman–Crippen MR) is 116 cm³/mol. The van der Waals surface area contributed by atoms with Crippen LogP contribution in [0.25, 0.3) is 0 Å². The number of nitrogens with one attached hydrogen (secondary N) is 1. The molecule has 2 aliphatic rings. The lowest BCUT2D eigenvalue weighted by Gasteiger charge is -2.30. The van der Waals surface area contributed by atoms with Gasteiger partial charge in [0.05, 0.1) is 11.7 Å². The van der Waals surface area contributed by atoms with Gasteiger partial charge in [0, 0.05) is 30.8 Å². The molecule has 5 nitrogen and oxygen atoms in total. The van der Waals surface area contributed by atoms with Crippen molar-refractivity contribution in [2.24, 2.45) is 0 Å². The van der Waals surface area contributed by atoms with Gasteiger partial charge in [0.25, 0.3) is 0 Å². The van der Waals surface area contributed by atoms with Gasteiger partial charge in [0.15, 0.2) is 0 Å². The van der Waals surface area contributed by atoms with Crippen molar-refractivity contribution in [3.05, 3.63) is 52.7 Å². The van der Waals surface area contributed by atoms with Gasteiger partial charge in [-0.3, -0.25) is 9.59 Å². The number of hydrogen-bond donors (Lipinski definition) is 1. The van der Waals surface area contributed by atoms with Crippen molar-refractivity contribution in [1.82, 2.24) is 10.3 Å². The zero-order chi connectivity index (χ0) is 20.4. The van der Waals surface area contributed by atoms with Crippen molar-refractivity contribution in [2.75, 3.05) is 17.2 Å². The van der Waals surface area contributed by atoms with Crippen LogP contribution in [0.5, 0.6) is 0 Å². The van der Waals surface area contributed by atoms with Gasteiger partial charge in [-0.15, -0.1) is 11.8 Å². The highest BCUT2D eigenvalue weighted by Crippen LogP contribution is 2.36. The molecule has 0 spiro atoms. The number of carbonyl (C=O) groups is 2. The van der Waals surface area contributed by atoms with E-state index in [0.29, 0.717) is 6.54 Å². The first-order valence-electron chi connectivity index (χ1n) is 10.3. The second-order valence-electron chi connectivity index (χ2n) is 7.84. The largest absolute Gasteiger partial charge is 0.349 e. The van der Waals surface area contributed by atoms with Crippen molar-refractivity contribution in [2.45, 2.75) is 57.0 Å². The minimum atomic E-state index is -0.0505. The maximum Gasteiger partial charge on any atom is 0.227 e. The lowest BCUT2D eigenvalue weighted by Crippen LogP contribution is -2.37. The van der Waals surface area contributed by atoms with Gasteiger partial charge in [-0.05, 0) is 55.9 Å². The Morgan fingerprint density at radius 2 is 2.07 bits per heavy atom. The summed E-state index contributed by atoms with van der Waals surface area (Å²) >= 11 is 1.70. The highest BCUT2D eigenvalue weighted by molar-refractivity contribution is 7.99. The molecule has 1 N–H and O–H groups in total. The van der Waals surface area contributed by atoms with E-state index in [4.69, 9.17) is 0 Å². The minimum absolute atomic E-state index is 0.000465. The van der Waals surface area contributed by atoms with E-state index in [1.54, 1.807) is 11.8 Å². The smallest absolute Gasteiger partial charge is 0.227 e. The zero-order valence-corrected chi connectivity index (χ0v) is 17.8. The van der Waals surface area contributed by atoms with Crippen LogP contribution in [0.4, 0.5) is 5.69 Å². The molecule has 0 bridgehead atoms. The molecule has 2 aromatic rings. The number of amides is 2. The molecule has 1 unspecified atom stereocenters. The summed E-state index contributed by atoms with van der Waals surface area (Å²) in [6, 6.07) is 10.4. The number of anilines is 1. The Labute approximate surface area is 176 Å². The average molecular weight is 410 g/mol. The number of pyridine rings is 1. The molecule has 1 aliphatic heterocycles. The van der Waals surface area contributed by atoms with E-state index in [2.05, 4.69) is 28.5 Å². The van der Waals surface area contributed by atoms with E-state index in [-0.39, 0.29) is 30.7 Å². The van der Waals surface area contributed by atoms with Gasteiger partial charge in [-0.2, -0.15) is 0 Å². The molecule has 0 radical (unpaired) electrons. The Hall–Kier alpha value is -2.34. The highest BCUT2D eigenvalue weighted by atomic mass is 32.2. The Morgan fingerprint density at radius 3 is 2.93 bits per heavy atom. The summed E-state index contributed by atoms with van der Waals surface area (Å²) in [6.45, 7) is 4.66. The third kappa shape index (κ3) is 4.32. The Morgan fingerprint density at radius 1 is 1.24 bits per heavy atom. The monoisotopic (exact) mass is 409 g/mol. The Bertz CT molecular complexity index is 944. The third-order valence-electron chi connectivity index (χ3n) is 5.67. The fourth-order valence-corrected chi connectivity index (χ4v) is 5.43. The summed E-state index contributed by atoms with van der Waals surface area (Å²) in [6.07, 6.45) is 3.54. The summed E-state index contributed by atoms with van der Waals surface area (Å²) in [5.41, 5.74) is 5.49. The van der Waals surface area contributed by atoms with Crippen molar-refractivity contribution in [1.29, 1.82) is 0 Å².